The number of benzene rings is 2. The predicted molar refractivity (Wildman–Crippen MR) is 86.3 cm³/mol. The van der Waals surface area contributed by atoms with Crippen molar-refractivity contribution in [1.29, 1.82) is 0 Å². The van der Waals surface area contributed by atoms with Crippen LogP contribution in [0.15, 0.2) is 46.9 Å². The average Bonchev–Trinajstić information content (AvgIpc) is 2.89. The third kappa shape index (κ3) is 2.44. The Morgan fingerprint density at radius 2 is 1.90 bits per heavy atom. The van der Waals surface area contributed by atoms with Crippen LogP contribution in [-0.4, -0.2) is 0 Å². The fraction of sp³-hybridized carbons (Fsp3) is 0.176. The summed E-state index contributed by atoms with van der Waals surface area (Å²) in [6.45, 7) is 4.01. The Bertz CT molecular complexity index is 795. The van der Waals surface area contributed by atoms with Crippen LogP contribution in [0, 0.1) is 13.8 Å². The van der Waals surface area contributed by atoms with E-state index in [2.05, 4.69) is 5.43 Å². The molecule has 21 heavy (non-hydrogen) atoms. The molecule has 0 aliphatic rings. The first-order valence-electron chi connectivity index (χ1n) is 6.82. The summed E-state index contributed by atoms with van der Waals surface area (Å²) in [6, 6.07) is 13.7. The number of hydrogen-bond donors (Lipinski definition) is 2. The predicted octanol–water partition coefficient (Wildman–Crippen LogP) is 4.26. The van der Waals surface area contributed by atoms with E-state index in [1.807, 2.05) is 56.3 Å². The molecule has 0 aliphatic carbocycles. The molecule has 1 heterocycles. The Hall–Kier alpha value is -1.81. The van der Waals surface area contributed by atoms with Crippen LogP contribution in [-0.2, 0) is 0 Å². The molecular formula is C17H17ClN2O. The molecule has 0 fully saturated rings. The lowest BCUT2D eigenvalue weighted by Gasteiger charge is -2.17. The van der Waals surface area contributed by atoms with E-state index in [9.17, 15) is 0 Å². The molecule has 1 atom stereocenters. The lowest BCUT2D eigenvalue weighted by Crippen LogP contribution is -2.29. The smallest absolute Gasteiger partial charge is 0.137 e. The monoisotopic (exact) mass is 300 g/mol. The van der Waals surface area contributed by atoms with Gasteiger partial charge >= 0.3 is 0 Å². The molecule has 0 saturated carbocycles. The Morgan fingerprint density at radius 3 is 2.62 bits per heavy atom. The van der Waals surface area contributed by atoms with Gasteiger partial charge in [0.2, 0.25) is 0 Å². The van der Waals surface area contributed by atoms with E-state index in [1.165, 1.54) is 0 Å². The molecule has 3 N–H and O–H groups in total. The highest BCUT2D eigenvalue weighted by Gasteiger charge is 2.20. The second-order valence-electron chi connectivity index (χ2n) is 5.20. The molecule has 108 valence electrons. The number of rotatable bonds is 3. The van der Waals surface area contributed by atoms with Gasteiger partial charge < -0.3 is 4.42 Å². The Morgan fingerprint density at radius 1 is 1.14 bits per heavy atom. The average molecular weight is 301 g/mol. The van der Waals surface area contributed by atoms with Crippen LogP contribution >= 0.6 is 11.6 Å². The highest BCUT2D eigenvalue weighted by molar-refractivity contribution is 6.31. The number of para-hydroxylation sites is 1. The Balaban J connectivity index is 2.14. The zero-order valence-electron chi connectivity index (χ0n) is 12.0. The summed E-state index contributed by atoms with van der Waals surface area (Å²) >= 11 is 6.21. The van der Waals surface area contributed by atoms with Crippen molar-refractivity contribution in [3.8, 4) is 0 Å². The summed E-state index contributed by atoms with van der Waals surface area (Å²) in [5, 5.41) is 1.80. The molecule has 0 aliphatic heterocycles. The number of nitrogens with two attached hydrogens (primary N) is 1. The molecule has 1 unspecified atom stereocenters. The van der Waals surface area contributed by atoms with Gasteiger partial charge in [0.15, 0.2) is 0 Å². The van der Waals surface area contributed by atoms with Gasteiger partial charge in [-0.15, -0.1) is 0 Å². The van der Waals surface area contributed by atoms with E-state index >= 15 is 0 Å². The first-order valence-corrected chi connectivity index (χ1v) is 7.20. The van der Waals surface area contributed by atoms with Crippen molar-refractivity contribution in [3.63, 3.8) is 0 Å². The van der Waals surface area contributed by atoms with Crippen LogP contribution in [0.2, 0.25) is 5.02 Å². The van der Waals surface area contributed by atoms with Crippen molar-refractivity contribution in [3.05, 3.63) is 69.9 Å². The van der Waals surface area contributed by atoms with Crippen LogP contribution in [0.25, 0.3) is 11.0 Å². The number of aryl methyl sites for hydroxylation is 1. The topological polar surface area (TPSA) is 51.2 Å². The van der Waals surface area contributed by atoms with Gasteiger partial charge in [0, 0.05) is 10.4 Å². The van der Waals surface area contributed by atoms with Gasteiger partial charge in [-0.2, -0.15) is 0 Å². The molecule has 3 aromatic rings. The van der Waals surface area contributed by atoms with E-state index < -0.39 is 0 Å². The Kier molecular flexibility index (Phi) is 3.72. The van der Waals surface area contributed by atoms with E-state index in [-0.39, 0.29) is 6.04 Å². The quantitative estimate of drug-likeness (QED) is 0.561. The van der Waals surface area contributed by atoms with Crippen LogP contribution in [0.1, 0.15) is 28.5 Å². The van der Waals surface area contributed by atoms with Crippen LogP contribution in [0.3, 0.4) is 0 Å². The second kappa shape index (κ2) is 5.53. The normalized spacial score (nSPS) is 12.8. The van der Waals surface area contributed by atoms with Crippen molar-refractivity contribution in [2.24, 2.45) is 5.84 Å². The lowest BCUT2D eigenvalue weighted by molar-refractivity contribution is 0.475. The number of nitrogens with one attached hydrogen (secondary N) is 1. The lowest BCUT2D eigenvalue weighted by atomic mass is 9.99. The third-order valence-corrected chi connectivity index (χ3v) is 4.24. The zero-order chi connectivity index (χ0) is 15.0. The van der Waals surface area contributed by atoms with Crippen molar-refractivity contribution < 1.29 is 4.42 Å². The molecule has 0 spiro atoms. The summed E-state index contributed by atoms with van der Waals surface area (Å²) in [5.74, 6) is 6.55. The standard InChI is InChI=1S/C17H17ClN2O/c1-10-5-3-6-12-9-15(21-17(10)12)16(20-19)13-7-4-8-14(18)11(13)2/h3-9,16,20H,19H2,1-2H3. The van der Waals surface area contributed by atoms with E-state index in [0.29, 0.717) is 0 Å². The highest BCUT2D eigenvalue weighted by atomic mass is 35.5. The largest absolute Gasteiger partial charge is 0.459 e. The first kappa shape index (κ1) is 14.1. The van der Waals surface area contributed by atoms with Gasteiger partial charge in [0.25, 0.3) is 0 Å². The van der Waals surface area contributed by atoms with Gasteiger partial charge in [-0.3, -0.25) is 5.84 Å². The maximum atomic E-state index is 6.21. The molecular weight excluding hydrogens is 284 g/mol. The van der Waals surface area contributed by atoms with Crippen LogP contribution in [0.5, 0.6) is 0 Å². The van der Waals surface area contributed by atoms with Crippen LogP contribution in [0.4, 0.5) is 0 Å². The van der Waals surface area contributed by atoms with Gasteiger partial charge in [-0.1, -0.05) is 41.9 Å². The molecule has 0 saturated heterocycles. The molecule has 3 nitrogen and oxygen atoms in total. The number of fused-ring (bicyclic) bond motifs is 1. The minimum absolute atomic E-state index is 0.226. The van der Waals surface area contributed by atoms with Gasteiger partial charge in [0.1, 0.15) is 17.4 Å². The summed E-state index contributed by atoms with van der Waals surface area (Å²) in [6.07, 6.45) is 0. The number of hydrazine groups is 1. The third-order valence-electron chi connectivity index (χ3n) is 3.83. The Labute approximate surface area is 128 Å². The van der Waals surface area contributed by atoms with Crippen molar-refractivity contribution in [2.75, 3.05) is 0 Å². The minimum Gasteiger partial charge on any atom is -0.459 e. The molecule has 3 rings (SSSR count). The van der Waals surface area contributed by atoms with Gasteiger partial charge in [0.05, 0.1) is 0 Å². The van der Waals surface area contributed by atoms with Gasteiger partial charge in [-0.05, 0) is 42.7 Å². The fourth-order valence-corrected chi connectivity index (χ4v) is 2.81. The molecule has 1 aromatic heterocycles. The molecule has 4 heteroatoms. The number of hydrogen-bond acceptors (Lipinski definition) is 3. The second-order valence-corrected chi connectivity index (χ2v) is 5.60. The highest BCUT2D eigenvalue weighted by Crippen LogP contribution is 2.32. The molecule has 0 radical (unpaired) electrons. The van der Waals surface area contributed by atoms with Crippen molar-refractivity contribution in [1.82, 2.24) is 5.43 Å². The summed E-state index contributed by atoms with van der Waals surface area (Å²) in [4.78, 5) is 0. The summed E-state index contributed by atoms with van der Waals surface area (Å²) in [7, 11) is 0. The van der Waals surface area contributed by atoms with Gasteiger partial charge in [-0.25, -0.2) is 5.43 Å². The summed E-state index contributed by atoms with van der Waals surface area (Å²) < 4.78 is 6.02. The maximum Gasteiger partial charge on any atom is 0.137 e. The minimum atomic E-state index is -0.226. The summed E-state index contributed by atoms with van der Waals surface area (Å²) in [5.41, 5.74) is 6.85. The van der Waals surface area contributed by atoms with E-state index in [1.54, 1.807) is 0 Å². The van der Waals surface area contributed by atoms with E-state index in [4.69, 9.17) is 21.9 Å². The number of furan rings is 1. The van der Waals surface area contributed by atoms with Crippen LogP contribution < -0.4 is 11.3 Å². The zero-order valence-corrected chi connectivity index (χ0v) is 12.7. The molecule has 2 aromatic carbocycles. The van der Waals surface area contributed by atoms with Crippen molar-refractivity contribution in [2.45, 2.75) is 19.9 Å². The van der Waals surface area contributed by atoms with Crippen molar-refractivity contribution >= 4 is 22.6 Å². The molecule has 0 bridgehead atoms. The fourth-order valence-electron chi connectivity index (χ4n) is 2.63. The first-order chi connectivity index (χ1) is 10.1. The van der Waals surface area contributed by atoms with E-state index in [0.717, 1.165) is 38.4 Å². The molecule has 0 amide bonds. The maximum absolute atomic E-state index is 6.21. The SMILES string of the molecule is Cc1c(Cl)cccc1C(NN)c1cc2cccc(C)c2o1. The number of halogens is 1.